The lowest BCUT2D eigenvalue weighted by Crippen LogP contribution is -2.54. The fourth-order valence-corrected chi connectivity index (χ4v) is 3.28. The second-order valence-electron chi connectivity index (χ2n) is 8.21. The largest absolute Gasteiger partial charge is 0.544 e. The van der Waals surface area contributed by atoms with Crippen LogP contribution in [0.25, 0.3) is 0 Å². The molecular formula is C21H25F2O6-. The number of benzene rings is 1. The van der Waals surface area contributed by atoms with Gasteiger partial charge in [0, 0.05) is 5.92 Å². The summed E-state index contributed by atoms with van der Waals surface area (Å²) in [5, 5.41) is 11.0. The molecule has 0 aromatic heterocycles. The van der Waals surface area contributed by atoms with Crippen LogP contribution in [-0.2, 0) is 14.3 Å². The average Bonchev–Trinajstić information content (AvgIpc) is 2.65. The second-order valence-corrected chi connectivity index (χ2v) is 8.21. The van der Waals surface area contributed by atoms with Crippen molar-refractivity contribution in [3.8, 4) is 0 Å². The van der Waals surface area contributed by atoms with E-state index >= 15 is 0 Å². The van der Waals surface area contributed by atoms with Crippen molar-refractivity contribution in [2.45, 2.75) is 70.5 Å². The molecule has 0 heterocycles. The van der Waals surface area contributed by atoms with Crippen molar-refractivity contribution in [2.75, 3.05) is 0 Å². The zero-order valence-corrected chi connectivity index (χ0v) is 16.7. The summed E-state index contributed by atoms with van der Waals surface area (Å²) < 4.78 is 38.6. The van der Waals surface area contributed by atoms with Crippen LogP contribution in [0.1, 0.15) is 73.6 Å². The van der Waals surface area contributed by atoms with Gasteiger partial charge < -0.3 is 19.4 Å². The van der Waals surface area contributed by atoms with Crippen molar-refractivity contribution in [3.63, 3.8) is 0 Å². The molecule has 8 heteroatoms. The normalized spacial score (nSPS) is 16.7. The quantitative estimate of drug-likeness (QED) is 0.668. The first kappa shape index (κ1) is 22.8. The summed E-state index contributed by atoms with van der Waals surface area (Å²) in [6, 6.07) is 5.13. The van der Waals surface area contributed by atoms with Gasteiger partial charge in [-0.25, -0.2) is 9.59 Å². The smallest absolute Gasteiger partial charge is 0.338 e. The van der Waals surface area contributed by atoms with Gasteiger partial charge in [0.2, 0.25) is 0 Å². The highest BCUT2D eigenvalue weighted by atomic mass is 19.3. The number of rotatable bonds is 6. The third kappa shape index (κ3) is 5.98. The molecule has 0 saturated heterocycles. The lowest BCUT2D eigenvalue weighted by Gasteiger charge is -2.35. The Bertz CT molecular complexity index is 745. The molecule has 0 bridgehead atoms. The number of aliphatic carboxylic acids is 1. The van der Waals surface area contributed by atoms with E-state index in [9.17, 15) is 28.3 Å². The molecule has 0 amide bonds. The van der Waals surface area contributed by atoms with E-state index in [2.05, 4.69) is 0 Å². The molecule has 1 saturated carbocycles. The highest BCUT2D eigenvalue weighted by molar-refractivity contribution is 5.93. The molecule has 29 heavy (non-hydrogen) atoms. The number of carboxylic acid groups (broad SMARTS) is 1. The van der Waals surface area contributed by atoms with Gasteiger partial charge in [-0.3, -0.25) is 0 Å². The molecule has 1 aliphatic carbocycles. The van der Waals surface area contributed by atoms with Gasteiger partial charge in [0.25, 0.3) is 0 Å². The maximum atomic E-state index is 14.2. The van der Waals surface area contributed by atoms with Gasteiger partial charge in [0.15, 0.2) is 6.10 Å². The van der Waals surface area contributed by atoms with Crippen molar-refractivity contribution in [2.24, 2.45) is 5.92 Å². The Balaban J connectivity index is 2.16. The number of halogens is 2. The fourth-order valence-electron chi connectivity index (χ4n) is 3.28. The van der Waals surface area contributed by atoms with Crippen LogP contribution >= 0.6 is 0 Å². The predicted molar refractivity (Wildman–Crippen MR) is 97.3 cm³/mol. The fraction of sp³-hybridized carbons (Fsp3) is 0.571. The molecular weight excluding hydrogens is 386 g/mol. The molecule has 6 nitrogen and oxygen atoms in total. The Morgan fingerprint density at radius 1 is 0.966 bits per heavy atom. The number of ether oxygens (including phenoxy) is 2. The van der Waals surface area contributed by atoms with Gasteiger partial charge in [0.1, 0.15) is 11.6 Å². The van der Waals surface area contributed by atoms with Crippen LogP contribution < -0.4 is 5.11 Å². The van der Waals surface area contributed by atoms with E-state index in [1.165, 1.54) is 24.3 Å². The van der Waals surface area contributed by atoms with Crippen molar-refractivity contribution < 1.29 is 37.7 Å². The second kappa shape index (κ2) is 8.88. The Labute approximate surface area is 168 Å². The monoisotopic (exact) mass is 411 g/mol. The highest BCUT2D eigenvalue weighted by Crippen LogP contribution is 2.36. The zero-order valence-electron chi connectivity index (χ0n) is 16.7. The van der Waals surface area contributed by atoms with Crippen molar-refractivity contribution in [1.29, 1.82) is 0 Å². The van der Waals surface area contributed by atoms with E-state index in [0.29, 0.717) is 25.7 Å². The summed E-state index contributed by atoms with van der Waals surface area (Å²) in [7, 11) is 0. The van der Waals surface area contributed by atoms with Crippen molar-refractivity contribution in [3.05, 3.63) is 35.4 Å². The maximum absolute atomic E-state index is 14.2. The summed E-state index contributed by atoms with van der Waals surface area (Å²) in [6.07, 6.45) is 0.765. The minimum atomic E-state index is -4.30. The van der Waals surface area contributed by atoms with E-state index < -0.39 is 41.5 Å². The molecule has 0 N–H and O–H groups in total. The maximum Gasteiger partial charge on any atom is 0.338 e. The van der Waals surface area contributed by atoms with Crippen LogP contribution in [0.15, 0.2) is 24.3 Å². The molecule has 1 aromatic rings. The van der Waals surface area contributed by atoms with Crippen LogP contribution in [0, 0.1) is 5.92 Å². The molecule has 1 aromatic carbocycles. The molecule has 1 fully saturated rings. The van der Waals surface area contributed by atoms with Crippen LogP contribution in [0.4, 0.5) is 8.78 Å². The number of carbonyl (C=O) groups is 3. The molecule has 1 aliphatic rings. The van der Waals surface area contributed by atoms with Crippen molar-refractivity contribution in [1.82, 2.24) is 0 Å². The molecule has 2 rings (SSSR count). The van der Waals surface area contributed by atoms with E-state index in [4.69, 9.17) is 9.47 Å². The summed E-state index contributed by atoms with van der Waals surface area (Å²) in [5.74, 6) is -9.31. The van der Waals surface area contributed by atoms with E-state index in [0.717, 1.165) is 6.42 Å². The molecule has 1 atom stereocenters. The van der Waals surface area contributed by atoms with Gasteiger partial charge in [-0.2, -0.15) is 8.78 Å². The van der Waals surface area contributed by atoms with Gasteiger partial charge >= 0.3 is 17.9 Å². The number of esters is 2. The third-order valence-electron chi connectivity index (χ3n) is 4.70. The van der Waals surface area contributed by atoms with Gasteiger partial charge in [-0.05, 0) is 57.9 Å². The van der Waals surface area contributed by atoms with Crippen molar-refractivity contribution >= 4 is 17.9 Å². The molecule has 0 aliphatic heterocycles. The van der Waals surface area contributed by atoms with Crippen LogP contribution in [0.5, 0.6) is 0 Å². The number of carbonyl (C=O) groups excluding carboxylic acids is 3. The average molecular weight is 411 g/mol. The van der Waals surface area contributed by atoms with E-state index in [1.807, 2.05) is 0 Å². The predicted octanol–water partition coefficient (Wildman–Crippen LogP) is 3.13. The third-order valence-corrected chi connectivity index (χ3v) is 4.70. The molecule has 1 unspecified atom stereocenters. The van der Waals surface area contributed by atoms with E-state index in [-0.39, 0.29) is 11.1 Å². The zero-order chi connectivity index (χ0) is 21.8. The summed E-state index contributed by atoms with van der Waals surface area (Å²) in [6.45, 7) is 5.12. The van der Waals surface area contributed by atoms with E-state index in [1.54, 1.807) is 20.8 Å². The number of alkyl halides is 2. The number of hydrogen-bond acceptors (Lipinski definition) is 6. The number of hydrogen-bond donors (Lipinski definition) is 0. The molecule has 160 valence electrons. The Kier molecular flexibility index (Phi) is 6.97. The Morgan fingerprint density at radius 3 is 1.90 bits per heavy atom. The van der Waals surface area contributed by atoms with Crippen LogP contribution in [0.3, 0.4) is 0 Å². The Morgan fingerprint density at radius 2 is 1.45 bits per heavy atom. The SMILES string of the molecule is CC(C)(C)OC(=O)c1ccc(C(=O)OC(C2CCCCC2)C(F)(F)C(=O)[O-])cc1. The lowest BCUT2D eigenvalue weighted by molar-refractivity contribution is -0.337. The van der Waals surface area contributed by atoms with Crippen LogP contribution in [0.2, 0.25) is 0 Å². The van der Waals surface area contributed by atoms with Gasteiger partial charge in [0.05, 0.1) is 11.1 Å². The summed E-state index contributed by atoms with van der Waals surface area (Å²) in [5.41, 5.74) is -0.592. The molecule has 0 spiro atoms. The molecule has 0 radical (unpaired) electrons. The van der Waals surface area contributed by atoms with Crippen LogP contribution in [-0.4, -0.2) is 35.5 Å². The standard InChI is InChI=1S/C21H26F2O6/c1-20(2,3)29-18(25)15-11-9-14(10-12-15)17(24)28-16(21(22,23)19(26)27)13-7-5-4-6-8-13/h9-13,16H,4-8H2,1-3H3,(H,26,27)/p-1. The first-order valence-corrected chi connectivity index (χ1v) is 9.55. The highest BCUT2D eigenvalue weighted by Gasteiger charge is 2.48. The first-order chi connectivity index (χ1) is 13.4. The number of carboxylic acids is 1. The first-order valence-electron chi connectivity index (χ1n) is 9.55. The minimum Gasteiger partial charge on any atom is -0.544 e. The summed E-state index contributed by atoms with van der Waals surface area (Å²) >= 11 is 0. The van der Waals surface area contributed by atoms with Gasteiger partial charge in [-0.15, -0.1) is 0 Å². The topological polar surface area (TPSA) is 92.7 Å². The van der Waals surface area contributed by atoms with Gasteiger partial charge in [-0.1, -0.05) is 19.3 Å². The Hall–Kier alpha value is -2.51. The minimum absolute atomic E-state index is 0.0766. The summed E-state index contributed by atoms with van der Waals surface area (Å²) in [4.78, 5) is 35.4. The lowest BCUT2D eigenvalue weighted by atomic mass is 9.83.